The van der Waals surface area contributed by atoms with Crippen LogP contribution in [0.15, 0.2) is 0 Å². The Balaban J connectivity index is 0.000000120. The SMILES string of the molecule is C1CCSSC1.C1COCCN1. The molecule has 2 fully saturated rings. The molecule has 2 heterocycles. The molecule has 4 heteroatoms. The lowest BCUT2D eigenvalue weighted by molar-refractivity contribution is 0.109. The smallest absolute Gasteiger partial charge is 0.0591 e. The van der Waals surface area contributed by atoms with E-state index in [0.29, 0.717) is 0 Å². The van der Waals surface area contributed by atoms with Crippen molar-refractivity contribution < 1.29 is 4.74 Å². The lowest BCUT2D eigenvalue weighted by Gasteiger charge is -2.10. The van der Waals surface area contributed by atoms with E-state index in [1.54, 1.807) is 0 Å². The maximum absolute atomic E-state index is 5.01. The molecule has 0 radical (unpaired) electrons. The van der Waals surface area contributed by atoms with E-state index in [1.807, 2.05) is 21.6 Å². The molecule has 0 amide bonds. The fourth-order valence-electron chi connectivity index (χ4n) is 0.956. The molecule has 2 saturated heterocycles. The standard InChI is InChI=1S/C4H9NO.C4H8S2/c1-3-6-4-2-5-1;1-2-4-6-5-3-1/h5H,1-4H2;1-4H2. The second kappa shape index (κ2) is 8.23. The van der Waals surface area contributed by atoms with Gasteiger partial charge in [0.25, 0.3) is 0 Å². The van der Waals surface area contributed by atoms with E-state index in [1.165, 1.54) is 24.3 Å². The summed E-state index contributed by atoms with van der Waals surface area (Å²) in [4.78, 5) is 0. The van der Waals surface area contributed by atoms with Gasteiger partial charge in [-0.2, -0.15) is 0 Å². The summed E-state index contributed by atoms with van der Waals surface area (Å²) in [6.07, 6.45) is 2.88. The lowest BCUT2D eigenvalue weighted by Crippen LogP contribution is -2.30. The Labute approximate surface area is 82.6 Å². The van der Waals surface area contributed by atoms with Gasteiger partial charge in [0.1, 0.15) is 0 Å². The van der Waals surface area contributed by atoms with Crippen LogP contribution in [0, 0.1) is 0 Å². The van der Waals surface area contributed by atoms with Gasteiger partial charge in [0, 0.05) is 24.6 Å². The van der Waals surface area contributed by atoms with E-state index in [2.05, 4.69) is 5.32 Å². The molecule has 0 saturated carbocycles. The highest BCUT2D eigenvalue weighted by molar-refractivity contribution is 8.76. The molecule has 0 aromatic heterocycles. The molecule has 0 aromatic carbocycles. The first-order chi connectivity index (χ1) is 6.00. The quantitative estimate of drug-likeness (QED) is 0.611. The van der Waals surface area contributed by atoms with Crippen molar-refractivity contribution in [1.29, 1.82) is 0 Å². The summed E-state index contributed by atoms with van der Waals surface area (Å²) in [6.45, 7) is 3.83. The third kappa shape index (κ3) is 6.17. The van der Waals surface area contributed by atoms with Crippen molar-refractivity contribution in [1.82, 2.24) is 5.32 Å². The van der Waals surface area contributed by atoms with Crippen molar-refractivity contribution in [2.45, 2.75) is 12.8 Å². The van der Waals surface area contributed by atoms with E-state index in [-0.39, 0.29) is 0 Å². The Hall–Kier alpha value is 0.620. The first kappa shape index (κ1) is 10.7. The van der Waals surface area contributed by atoms with Crippen LogP contribution in [-0.2, 0) is 4.74 Å². The van der Waals surface area contributed by atoms with Crippen LogP contribution < -0.4 is 5.32 Å². The molecule has 0 aliphatic carbocycles. The number of rotatable bonds is 0. The highest BCUT2D eigenvalue weighted by Crippen LogP contribution is 2.28. The van der Waals surface area contributed by atoms with E-state index < -0.39 is 0 Å². The maximum atomic E-state index is 5.01. The van der Waals surface area contributed by atoms with E-state index >= 15 is 0 Å². The summed E-state index contributed by atoms with van der Waals surface area (Å²) < 4.78 is 5.01. The van der Waals surface area contributed by atoms with E-state index in [9.17, 15) is 0 Å². The molecule has 0 aromatic rings. The van der Waals surface area contributed by atoms with E-state index in [4.69, 9.17) is 4.74 Å². The summed E-state index contributed by atoms with van der Waals surface area (Å²) in [5.74, 6) is 2.76. The van der Waals surface area contributed by atoms with Crippen molar-refractivity contribution in [2.24, 2.45) is 0 Å². The van der Waals surface area contributed by atoms with Gasteiger partial charge < -0.3 is 10.1 Å². The molecule has 72 valence electrons. The number of morpholine rings is 1. The molecule has 2 rings (SSSR count). The van der Waals surface area contributed by atoms with Gasteiger partial charge in [0.15, 0.2) is 0 Å². The normalized spacial score (nSPS) is 24.0. The van der Waals surface area contributed by atoms with Gasteiger partial charge >= 0.3 is 0 Å². The molecule has 0 unspecified atom stereocenters. The van der Waals surface area contributed by atoms with Crippen LogP contribution in [-0.4, -0.2) is 37.8 Å². The Morgan fingerprint density at radius 2 is 1.50 bits per heavy atom. The van der Waals surface area contributed by atoms with Gasteiger partial charge in [0.2, 0.25) is 0 Å². The Morgan fingerprint density at radius 3 is 1.67 bits per heavy atom. The predicted molar refractivity (Wildman–Crippen MR) is 57.8 cm³/mol. The van der Waals surface area contributed by atoms with Crippen molar-refractivity contribution in [3.63, 3.8) is 0 Å². The minimum Gasteiger partial charge on any atom is -0.379 e. The van der Waals surface area contributed by atoms with Crippen molar-refractivity contribution in [3.05, 3.63) is 0 Å². The fraction of sp³-hybridized carbons (Fsp3) is 1.00. The van der Waals surface area contributed by atoms with Crippen LogP contribution in [0.25, 0.3) is 0 Å². The molecule has 0 bridgehead atoms. The third-order valence-corrected chi connectivity index (χ3v) is 4.21. The zero-order valence-electron chi connectivity index (χ0n) is 7.38. The first-order valence-electron chi connectivity index (χ1n) is 4.53. The molecule has 2 aliphatic heterocycles. The topological polar surface area (TPSA) is 21.3 Å². The second-order valence-corrected chi connectivity index (χ2v) is 5.42. The van der Waals surface area contributed by atoms with Crippen molar-refractivity contribution >= 4 is 21.6 Å². The van der Waals surface area contributed by atoms with Crippen molar-refractivity contribution in [3.8, 4) is 0 Å². The van der Waals surface area contributed by atoms with Gasteiger partial charge in [-0.1, -0.05) is 21.6 Å². The first-order valence-corrected chi connectivity index (χ1v) is 7.02. The molecular weight excluding hydrogens is 190 g/mol. The molecule has 2 nitrogen and oxygen atoms in total. The molecule has 0 atom stereocenters. The van der Waals surface area contributed by atoms with Crippen molar-refractivity contribution in [2.75, 3.05) is 37.8 Å². The number of hydrogen-bond acceptors (Lipinski definition) is 4. The second-order valence-electron chi connectivity index (χ2n) is 2.71. The largest absolute Gasteiger partial charge is 0.379 e. The number of hydrogen-bond donors (Lipinski definition) is 1. The molecule has 0 spiro atoms. The molecule has 2 aliphatic rings. The molecular formula is C8H17NOS2. The van der Waals surface area contributed by atoms with Crippen LogP contribution in [0.1, 0.15) is 12.8 Å². The van der Waals surface area contributed by atoms with Gasteiger partial charge in [-0.05, 0) is 12.8 Å². The zero-order chi connectivity index (χ0) is 8.49. The summed E-state index contributed by atoms with van der Waals surface area (Å²) >= 11 is 0. The zero-order valence-corrected chi connectivity index (χ0v) is 9.01. The molecule has 1 N–H and O–H groups in total. The fourth-order valence-corrected chi connectivity index (χ4v) is 3.25. The average Bonchev–Trinajstić information content (AvgIpc) is 2.24. The van der Waals surface area contributed by atoms with Gasteiger partial charge in [-0.15, -0.1) is 0 Å². The van der Waals surface area contributed by atoms with Crippen LogP contribution >= 0.6 is 21.6 Å². The van der Waals surface area contributed by atoms with Gasteiger partial charge in [-0.3, -0.25) is 0 Å². The maximum Gasteiger partial charge on any atom is 0.0591 e. The minimum atomic E-state index is 0.889. The predicted octanol–water partition coefficient (Wildman–Crippen LogP) is 1.77. The average molecular weight is 207 g/mol. The number of ether oxygens (including phenoxy) is 1. The summed E-state index contributed by atoms with van der Waals surface area (Å²) in [5, 5.41) is 3.16. The van der Waals surface area contributed by atoms with Crippen LogP contribution in [0.5, 0.6) is 0 Å². The highest BCUT2D eigenvalue weighted by Gasteiger charge is 1.96. The highest BCUT2D eigenvalue weighted by atomic mass is 33.1. The lowest BCUT2D eigenvalue weighted by atomic mass is 10.4. The van der Waals surface area contributed by atoms with Crippen LogP contribution in [0.3, 0.4) is 0 Å². The van der Waals surface area contributed by atoms with Gasteiger partial charge in [0.05, 0.1) is 13.2 Å². The Kier molecular flexibility index (Phi) is 7.34. The summed E-state index contributed by atoms with van der Waals surface area (Å²) in [5.41, 5.74) is 0. The monoisotopic (exact) mass is 207 g/mol. The summed E-state index contributed by atoms with van der Waals surface area (Å²) in [7, 11) is 4.02. The Morgan fingerprint density at radius 1 is 0.917 bits per heavy atom. The van der Waals surface area contributed by atoms with Crippen LogP contribution in [0.4, 0.5) is 0 Å². The van der Waals surface area contributed by atoms with E-state index in [0.717, 1.165) is 26.3 Å². The Bertz CT molecular complexity index is 60.0. The van der Waals surface area contributed by atoms with Crippen LogP contribution in [0.2, 0.25) is 0 Å². The van der Waals surface area contributed by atoms with Gasteiger partial charge in [-0.25, -0.2) is 0 Å². The minimum absolute atomic E-state index is 0.889. The number of nitrogens with one attached hydrogen (secondary N) is 1. The third-order valence-electron chi connectivity index (χ3n) is 1.64. The summed E-state index contributed by atoms with van der Waals surface area (Å²) in [6, 6.07) is 0. The molecule has 12 heavy (non-hydrogen) atoms.